The number of nitrogens with zero attached hydrogens (tertiary/aromatic N) is 1. The molecule has 6 nitrogen and oxygen atoms in total. The number of rotatable bonds is 9. The van der Waals surface area contributed by atoms with Crippen LogP contribution in [0.4, 0.5) is 5.69 Å². The number of hydrogen-bond acceptors (Lipinski definition) is 5. The maximum atomic E-state index is 12.2. The second-order valence-corrected chi connectivity index (χ2v) is 8.72. The summed E-state index contributed by atoms with van der Waals surface area (Å²) in [4.78, 5) is 16.0. The molecule has 0 aliphatic heterocycles. The predicted octanol–water partition coefficient (Wildman–Crippen LogP) is 3.86. The quantitative estimate of drug-likeness (QED) is 0.579. The molecule has 0 unspecified atom stereocenters. The summed E-state index contributed by atoms with van der Waals surface area (Å²) in [7, 11) is -3.46. The number of sulfone groups is 1. The van der Waals surface area contributed by atoms with Crippen LogP contribution in [0.1, 0.15) is 12.0 Å². The molecule has 0 aliphatic rings. The van der Waals surface area contributed by atoms with Crippen LogP contribution in [0.5, 0.6) is 11.5 Å². The average molecular weight is 410 g/mol. The molecule has 0 aliphatic carbocycles. The van der Waals surface area contributed by atoms with E-state index in [2.05, 4.69) is 10.3 Å². The molecule has 1 amide bonds. The van der Waals surface area contributed by atoms with Crippen molar-refractivity contribution in [2.24, 2.45) is 0 Å². The van der Waals surface area contributed by atoms with Gasteiger partial charge in [0.2, 0.25) is 5.91 Å². The van der Waals surface area contributed by atoms with Gasteiger partial charge in [-0.1, -0.05) is 30.3 Å². The van der Waals surface area contributed by atoms with Crippen LogP contribution in [0.2, 0.25) is 0 Å². The normalized spacial score (nSPS) is 11.0. The zero-order valence-electron chi connectivity index (χ0n) is 15.8. The molecule has 2 aromatic carbocycles. The third-order valence-corrected chi connectivity index (χ3v) is 5.75. The molecular formula is C22H22N2O4S. The molecule has 0 radical (unpaired) electrons. The first-order chi connectivity index (χ1) is 14.0. The molecule has 0 atom stereocenters. The molecule has 3 aromatic rings. The van der Waals surface area contributed by atoms with Gasteiger partial charge in [-0.25, -0.2) is 8.42 Å². The number of aromatic nitrogens is 1. The van der Waals surface area contributed by atoms with Gasteiger partial charge < -0.3 is 10.1 Å². The number of hydrogen-bond donors (Lipinski definition) is 1. The highest BCUT2D eigenvalue weighted by molar-refractivity contribution is 7.92. The number of nitrogens with one attached hydrogen (secondary N) is 1. The molecule has 1 N–H and O–H groups in total. The SMILES string of the molecule is O=C(CS(=O)(=O)CCCc1ccccc1)Nc1ccc(Oc2ccncc2)cc1. The monoisotopic (exact) mass is 410 g/mol. The number of carbonyl (C=O) groups excluding carboxylic acids is 1. The lowest BCUT2D eigenvalue weighted by atomic mass is 10.1. The van der Waals surface area contributed by atoms with Gasteiger partial charge in [0, 0.05) is 18.1 Å². The number of aryl methyl sites for hydroxylation is 1. The van der Waals surface area contributed by atoms with Crippen LogP contribution in [-0.4, -0.2) is 30.8 Å². The van der Waals surface area contributed by atoms with Crippen LogP contribution in [0.3, 0.4) is 0 Å². The van der Waals surface area contributed by atoms with E-state index in [1.165, 1.54) is 0 Å². The van der Waals surface area contributed by atoms with Gasteiger partial charge >= 0.3 is 0 Å². The standard InChI is InChI=1S/C22H22N2O4S/c25-22(17-29(26,27)16-4-7-18-5-2-1-3-6-18)24-19-8-10-20(11-9-19)28-21-12-14-23-15-13-21/h1-3,5-6,8-15H,4,7,16-17H2,(H,24,25). The summed E-state index contributed by atoms with van der Waals surface area (Å²) in [6, 6.07) is 19.9. The molecule has 3 rings (SSSR count). The topological polar surface area (TPSA) is 85.4 Å². The van der Waals surface area contributed by atoms with Crippen molar-refractivity contribution in [3.05, 3.63) is 84.7 Å². The van der Waals surface area contributed by atoms with Crippen LogP contribution >= 0.6 is 0 Å². The minimum atomic E-state index is -3.46. The van der Waals surface area contributed by atoms with Gasteiger partial charge in [-0.15, -0.1) is 0 Å². The molecule has 0 saturated carbocycles. The van der Waals surface area contributed by atoms with Gasteiger partial charge in [0.25, 0.3) is 0 Å². The van der Waals surface area contributed by atoms with Crippen LogP contribution in [0, 0.1) is 0 Å². The van der Waals surface area contributed by atoms with E-state index in [0.29, 0.717) is 30.0 Å². The Kier molecular flexibility index (Phi) is 6.97. The van der Waals surface area contributed by atoms with E-state index in [1.807, 2.05) is 30.3 Å². The third-order valence-electron chi connectivity index (χ3n) is 4.14. The molecule has 1 aromatic heterocycles. The lowest BCUT2D eigenvalue weighted by molar-refractivity contribution is -0.113. The van der Waals surface area contributed by atoms with Gasteiger partial charge in [-0.3, -0.25) is 9.78 Å². The van der Waals surface area contributed by atoms with Crippen molar-refractivity contribution in [1.29, 1.82) is 0 Å². The van der Waals surface area contributed by atoms with Crippen LogP contribution in [0.25, 0.3) is 0 Å². The Morgan fingerprint density at radius 3 is 2.24 bits per heavy atom. The first-order valence-corrected chi connectivity index (χ1v) is 11.0. The summed E-state index contributed by atoms with van der Waals surface area (Å²) in [5.41, 5.74) is 1.60. The minimum Gasteiger partial charge on any atom is -0.457 e. The van der Waals surface area contributed by atoms with Crippen molar-refractivity contribution in [2.45, 2.75) is 12.8 Å². The largest absolute Gasteiger partial charge is 0.457 e. The lowest BCUT2D eigenvalue weighted by Crippen LogP contribution is -2.24. The summed E-state index contributed by atoms with van der Waals surface area (Å²) in [6.45, 7) is 0. The zero-order valence-corrected chi connectivity index (χ0v) is 16.6. The lowest BCUT2D eigenvalue weighted by Gasteiger charge is -2.08. The molecule has 1 heterocycles. The molecule has 0 fully saturated rings. The van der Waals surface area contributed by atoms with Crippen LogP contribution in [-0.2, 0) is 21.1 Å². The van der Waals surface area contributed by atoms with Gasteiger partial charge in [-0.2, -0.15) is 0 Å². The first-order valence-electron chi connectivity index (χ1n) is 9.22. The van der Waals surface area contributed by atoms with Crippen molar-refractivity contribution < 1.29 is 17.9 Å². The van der Waals surface area contributed by atoms with Gasteiger partial charge in [0.05, 0.1) is 5.75 Å². The Morgan fingerprint density at radius 1 is 0.897 bits per heavy atom. The van der Waals surface area contributed by atoms with E-state index in [1.54, 1.807) is 48.8 Å². The first kappa shape index (κ1) is 20.5. The van der Waals surface area contributed by atoms with Crippen molar-refractivity contribution >= 4 is 21.4 Å². The Hall–Kier alpha value is -3.19. The summed E-state index contributed by atoms with van der Waals surface area (Å²) < 4.78 is 30.0. The smallest absolute Gasteiger partial charge is 0.239 e. The fourth-order valence-electron chi connectivity index (χ4n) is 2.76. The molecular weight excluding hydrogens is 388 g/mol. The fraction of sp³-hybridized carbons (Fsp3) is 0.182. The van der Waals surface area contributed by atoms with Crippen molar-refractivity contribution in [3.8, 4) is 11.5 Å². The number of pyridine rings is 1. The molecule has 0 bridgehead atoms. The van der Waals surface area contributed by atoms with E-state index in [-0.39, 0.29) is 5.75 Å². The Morgan fingerprint density at radius 2 is 1.55 bits per heavy atom. The number of amides is 1. The Labute approximate surface area is 170 Å². The van der Waals surface area contributed by atoms with Crippen molar-refractivity contribution in [2.75, 3.05) is 16.8 Å². The van der Waals surface area contributed by atoms with Gasteiger partial charge in [-0.05, 0) is 54.8 Å². The average Bonchev–Trinajstić information content (AvgIpc) is 2.70. The van der Waals surface area contributed by atoms with E-state index in [4.69, 9.17) is 4.74 Å². The van der Waals surface area contributed by atoms with Crippen LogP contribution < -0.4 is 10.1 Å². The molecule has 0 spiro atoms. The minimum absolute atomic E-state index is 0.0198. The highest BCUT2D eigenvalue weighted by Crippen LogP contribution is 2.22. The number of anilines is 1. The zero-order chi connectivity index (χ0) is 20.5. The van der Waals surface area contributed by atoms with E-state index in [0.717, 1.165) is 5.56 Å². The van der Waals surface area contributed by atoms with E-state index < -0.39 is 21.5 Å². The molecule has 0 saturated heterocycles. The van der Waals surface area contributed by atoms with Crippen molar-refractivity contribution in [3.63, 3.8) is 0 Å². The third kappa shape index (κ3) is 7.04. The maximum Gasteiger partial charge on any atom is 0.239 e. The second-order valence-electron chi connectivity index (χ2n) is 6.54. The summed E-state index contributed by atoms with van der Waals surface area (Å²) in [6.07, 6.45) is 4.41. The fourth-order valence-corrected chi connectivity index (χ4v) is 3.96. The summed E-state index contributed by atoms with van der Waals surface area (Å²) in [5.74, 6) is 0.152. The van der Waals surface area contributed by atoms with E-state index in [9.17, 15) is 13.2 Å². The number of ether oxygens (including phenoxy) is 1. The highest BCUT2D eigenvalue weighted by atomic mass is 32.2. The summed E-state index contributed by atoms with van der Waals surface area (Å²) in [5, 5.41) is 2.61. The van der Waals surface area contributed by atoms with Gasteiger partial charge in [0.1, 0.15) is 17.3 Å². The van der Waals surface area contributed by atoms with Crippen molar-refractivity contribution in [1.82, 2.24) is 4.98 Å². The Balaban J connectivity index is 1.46. The summed E-state index contributed by atoms with van der Waals surface area (Å²) >= 11 is 0. The number of benzene rings is 2. The molecule has 150 valence electrons. The maximum absolute atomic E-state index is 12.2. The predicted molar refractivity (Wildman–Crippen MR) is 113 cm³/mol. The van der Waals surface area contributed by atoms with Gasteiger partial charge in [0.15, 0.2) is 9.84 Å². The van der Waals surface area contributed by atoms with E-state index >= 15 is 0 Å². The second kappa shape index (κ2) is 9.84. The van der Waals surface area contributed by atoms with Crippen LogP contribution in [0.15, 0.2) is 79.1 Å². The highest BCUT2D eigenvalue weighted by Gasteiger charge is 2.16. The molecule has 29 heavy (non-hydrogen) atoms. The number of carbonyl (C=O) groups is 1. The molecule has 7 heteroatoms. The Bertz CT molecular complexity index is 1020.